The minimum Gasteiger partial charge on any atom is -0.444 e. The molecule has 2 aliphatic carbocycles. The number of carbonyl (C=O) groups is 5. The van der Waals surface area contributed by atoms with E-state index in [2.05, 4.69) is 0 Å². The van der Waals surface area contributed by atoms with E-state index in [0.29, 0.717) is 30.2 Å². The predicted octanol–water partition coefficient (Wildman–Crippen LogP) is 11.0. The molecule has 5 aromatic heterocycles. The molecule has 10 rings (SSSR count). The van der Waals surface area contributed by atoms with Crippen molar-refractivity contribution in [2.24, 2.45) is 0 Å². The normalized spacial score (nSPS) is 14.0. The summed E-state index contributed by atoms with van der Waals surface area (Å²) in [5.41, 5.74) is 0.528. The summed E-state index contributed by atoms with van der Waals surface area (Å²) in [7, 11) is 0. The van der Waals surface area contributed by atoms with Crippen molar-refractivity contribution in [2.45, 2.75) is 6.61 Å². The van der Waals surface area contributed by atoms with Gasteiger partial charge in [-0.15, -0.1) is 45.3 Å². The van der Waals surface area contributed by atoms with E-state index in [9.17, 15) is 41.5 Å². The van der Waals surface area contributed by atoms with Crippen LogP contribution in [0.5, 0.6) is 0 Å². The third kappa shape index (κ3) is 5.00. The summed E-state index contributed by atoms with van der Waals surface area (Å²) in [6.45, 7) is -0.0249. The fraction of sp³-hybridized carbons (Fsp3) is 0.0250. The molecule has 0 atom stereocenters. The second-order valence-electron chi connectivity index (χ2n) is 12.7. The van der Waals surface area contributed by atoms with Gasteiger partial charge in [0.25, 0.3) is 0 Å². The van der Waals surface area contributed by atoms with Crippen LogP contribution >= 0.6 is 45.3 Å². The Balaban J connectivity index is 1.10. The van der Waals surface area contributed by atoms with Crippen LogP contribution in [0.15, 0.2) is 77.9 Å². The quantitative estimate of drug-likeness (QED) is 0.0997. The van der Waals surface area contributed by atoms with Crippen LogP contribution in [0.1, 0.15) is 56.7 Å². The van der Waals surface area contributed by atoms with Crippen molar-refractivity contribution in [3.63, 3.8) is 0 Å². The number of allylic oxidation sites excluding steroid dienone is 2. The first-order valence-corrected chi connectivity index (χ1v) is 19.5. The van der Waals surface area contributed by atoms with Gasteiger partial charge < -0.3 is 4.74 Å². The van der Waals surface area contributed by atoms with Crippen LogP contribution in [-0.4, -0.2) is 33.8 Å². The number of Topliss-reactive ketones (excluding diaryl/α,β-unsaturated/α-hetero) is 4. The van der Waals surface area contributed by atoms with Crippen LogP contribution in [0, 0.1) is 23.3 Å². The molecule has 0 saturated heterocycles. The summed E-state index contributed by atoms with van der Waals surface area (Å²) >= 11 is 5.24. The zero-order chi connectivity index (χ0) is 38.0. The van der Waals surface area contributed by atoms with Gasteiger partial charge >= 0.3 is 6.09 Å². The first-order valence-electron chi connectivity index (χ1n) is 16.2. The zero-order valence-electron chi connectivity index (χ0n) is 27.3. The standard InChI is InChI=1S/C40H15F4NO6S4/c41-24-10-18-19(11-25(24)42)33(47)22(32(18)46)6-16-8-28-36(52-16)30-38(54-28)39-31(45(30)40(50)51-14-15-4-2-1-3-5-15)37-29(55-39)9-17(53-37)7-23-34(48)20-12-26(43)27(44)13-21(20)35(23)49/h1-13H,14H2. The van der Waals surface area contributed by atoms with Gasteiger partial charge in [0.15, 0.2) is 46.4 Å². The fourth-order valence-electron chi connectivity index (χ4n) is 6.90. The number of fused-ring (bicyclic) bond motifs is 9. The van der Waals surface area contributed by atoms with Crippen molar-refractivity contribution in [3.8, 4) is 0 Å². The number of carbonyl (C=O) groups excluding carboxylic acids is 5. The Labute approximate surface area is 320 Å². The lowest BCUT2D eigenvalue weighted by Crippen LogP contribution is -2.13. The maximum Gasteiger partial charge on any atom is 0.419 e. The van der Waals surface area contributed by atoms with Crippen LogP contribution in [0.4, 0.5) is 22.4 Å². The Morgan fingerprint density at radius 1 is 0.564 bits per heavy atom. The molecule has 3 aromatic carbocycles. The molecule has 7 nitrogen and oxygen atoms in total. The van der Waals surface area contributed by atoms with Crippen LogP contribution in [0.2, 0.25) is 0 Å². The van der Waals surface area contributed by atoms with E-state index < -0.39 is 52.5 Å². The predicted molar refractivity (Wildman–Crippen MR) is 204 cm³/mol. The molecule has 0 saturated carbocycles. The van der Waals surface area contributed by atoms with Crippen molar-refractivity contribution < 1.29 is 46.3 Å². The Bertz CT molecular complexity index is 2920. The molecule has 55 heavy (non-hydrogen) atoms. The molecule has 8 aromatic rings. The highest BCUT2D eigenvalue weighted by Crippen LogP contribution is 2.51. The number of hydrogen-bond acceptors (Lipinski definition) is 10. The van der Waals surface area contributed by atoms with Crippen LogP contribution in [0.3, 0.4) is 0 Å². The zero-order valence-corrected chi connectivity index (χ0v) is 30.5. The van der Waals surface area contributed by atoms with Crippen molar-refractivity contribution in [2.75, 3.05) is 0 Å². The first kappa shape index (κ1) is 33.7. The SMILES string of the molecule is O=C1C(=Cc2cc3sc4c5sc6cc(C=C7C(=O)c8cc(F)c(F)cc8C7=O)sc6c5n(C(=O)OCc5ccccc5)c4c3s2)C(=O)c2cc(F)c(F)cc21. The number of halogens is 4. The van der Waals surface area contributed by atoms with Crippen LogP contribution in [0.25, 0.3) is 51.4 Å². The second-order valence-corrected chi connectivity index (χ2v) is 16.9. The van der Waals surface area contributed by atoms with Crippen LogP contribution < -0.4 is 0 Å². The van der Waals surface area contributed by atoms with E-state index in [1.165, 1.54) is 62.1 Å². The number of ketones is 4. The van der Waals surface area contributed by atoms with Gasteiger partial charge in [-0.05, 0) is 54.1 Å². The van der Waals surface area contributed by atoms with E-state index in [-0.39, 0.29) is 40.0 Å². The molecule has 2 aliphatic rings. The van der Waals surface area contributed by atoms with Gasteiger partial charge in [-0.1, -0.05) is 30.3 Å². The average molecular weight is 810 g/mol. The Kier molecular flexibility index (Phi) is 7.39. The number of rotatable bonds is 4. The fourth-order valence-corrected chi connectivity index (χ4v) is 12.2. The molecule has 0 radical (unpaired) electrons. The Hall–Kier alpha value is -5.87. The van der Waals surface area contributed by atoms with E-state index in [1.54, 1.807) is 12.1 Å². The summed E-state index contributed by atoms with van der Waals surface area (Å²) in [6, 6.07) is 15.6. The summed E-state index contributed by atoms with van der Waals surface area (Å²) in [4.78, 5) is 67.6. The van der Waals surface area contributed by atoms with E-state index in [0.717, 1.165) is 48.6 Å². The van der Waals surface area contributed by atoms with Gasteiger partial charge in [0, 0.05) is 41.4 Å². The van der Waals surface area contributed by atoms with Crippen molar-refractivity contribution in [3.05, 3.63) is 139 Å². The van der Waals surface area contributed by atoms with Crippen molar-refractivity contribution in [1.29, 1.82) is 0 Å². The van der Waals surface area contributed by atoms with Gasteiger partial charge in [0.05, 0.1) is 41.0 Å². The number of aromatic nitrogens is 1. The Morgan fingerprint density at radius 3 is 1.36 bits per heavy atom. The molecule has 0 amide bonds. The number of nitrogens with zero attached hydrogens (tertiary/aromatic N) is 1. The van der Waals surface area contributed by atoms with E-state index in [1.807, 2.05) is 30.3 Å². The maximum absolute atomic E-state index is 14.1. The summed E-state index contributed by atoms with van der Waals surface area (Å²) < 4.78 is 67.5. The lowest BCUT2D eigenvalue weighted by atomic mass is 10.1. The molecule has 15 heteroatoms. The maximum atomic E-state index is 14.1. The average Bonchev–Trinajstić information content (AvgIpc) is 4.01. The number of hydrogen-bond donors (Lipinski definition) is 0. The van der Waals surface area contributed by atoms with Gasteiger partial charge in [0.2, 0.25) is 0 Å². The molecule has 0 bridgehead atoms. The number of thiophene rings is 4. The monoisotopic (exact) mass is 809 g/mol. The summed E-state index contributed by atoms with van der Waals surface area (Å²) in [5.74, 6) is -7.81. The molecule has 0 aliphatic heterocycles. The van der Waals surface area contributed by atoms with Gasteiger partial charge in [-0.25, -0.2) is 26.9 Å². The molecule has 5 heterocycles. The molecule has 268 valence electrons. The third-order valence-electron chi connectivity index (χ3n) is 9.41. The van der Waals surface area contributed by atoms with Crippen molar-refractivity contribution >= 4 is 126 Å². The molecular formula is C40H15F4NO6S4. The summed E-state index contributed by atoms with van der Waals surface area (Å²) in [5, 5.41) is 0. The molecule has 0 N–H and O–H groups in total. The highest BCUT2D eigenvalue weighted by molar-refractivity contribution is 7.39. The summed E-state index contributed by atoms with van der Waals surface area (Å²) in [6.07, 6.45) is 2.10. The van der Waals surface area contributed by atoms with Crippen LogP contribution in [-0.2, 0) is 11.3 Å². The molecular weight excluding hydrogens is 795 g/mol. The minimum atomic E-state index is -1.23. The van der Waals surface area contributed by atoms with Gasteiger partial charge in [-0.2, -0.15) is 0 Å². The minimum absolute atomic E-state index is 0.0249. The van der Waals surface area contributed by atoms with Gasteiger partial charge in [-0.3, -0.25) is 19.2 Å². The van der Waals surface area contributed by atoms with Crippen molar-refractivity contribution in [1.82, 2.24) is 4.57 Å². The molecule has 0 unspecified atom stereocenters. The number of benzene rings is 3. The molecule has 0 fully saturated rings. The lowest BCUT2D eigenvalue weighted by Gasteiger charge is -2.07. The smallest absolute Gasteiger partial charge is 0.419 e. The first-order chi connectivity index (χ1) is 26.5. The highest BCUT2D eigenvalue weighted by atomic mass is 32.1. The largest absolute Gasteiger partial charge is 0.444 e. The highest BCUT2D eigenvalue weighted by Gasteiger charge is 2.36. The Morgan fingerprint density at radius 2 is 0.964 bits per heavy atom. The third-order valence-corrected chi connectivity index (χ3v) is 14.3. The number of ether oxygens (including phenoxy) is 1. The van der Waals surface area contributed by atoms with E-state index >= 15 is 0 Å². The topological polar surface area (TPSA) is 99.5 Å². The second kappa shape index (κ2) is 12.1. The van der Waals surface area contributed by atoms with Gasteiger partial charge in [0.1, 0.15) is 6.61 Å². The van der Waals surface area contributed by atoms with E-state index in [4.69, 9.17) is 4.74 Å². The lowest BCUT2D eigenvalue weighted by molar-refractivity contribution is 0.0975. The molecule has 0 spiro atoms.